The molecule has 1 unspecified atom stereocenters. The zero-order chi connectivity index (χ0) is 22.7. The summed E-state index contributed by atoms with van der Waals surface area (Å²) in [6.45, 7) is 14.8. The predicted octanol–water partition coefficient (Wildman–Crippen LogP) is 3.02. The molecular weight excluding hydrogens is 510 g/mol. The van der Waals surface area contributed by atoms with Gasteiger partial charge in [0.25, 0.3) is 0 Å². The average Bonchev–Trinajstić information content (AvgIpc) is 3.23. The molecule has 1 atom stereocenters. The van der Waals surface area contributed by atoms with Crippen molar-refractivity contribution in [1.29, 1.82) is 0 Å². The summed E-state index contributed by atoms with van der Waals surface area (Å²) >= 11 is -0.353. The van der Waals surface area contributed by atoms with E-state index in [0.29, 0.717) is 8.45 Å². The van der Waals surface area contributed by atoms with Gasteiger partial charge in [-0.2, -0.15) is 0 Å². The first-order valence-electron chi connectivity index (χ1n) is 11.7. The van der Waals surface area contributed by atoms with E-state index in [1.54, 1.807) is 22.0 Å². The van der Waals surface area contributed by atoms with Crippen molar-refractivity contribution in [3.8, 4) is 11.1 Å². The number of fused-ring (bicyclic) bond motifs is 4. The fourth-order valence-corrected chi connectivity index (χ4v) is 14.1. The van der Waals surface area contributed by atoms with Crippen LogP contribution in [0.5, 0.6) is 0 Å². The topological polar surface area (TPSA) is 0 Å². The minimum atomic E-state index is -0.353. The smallest absolute Gasteiger partial charge is 1.00 e. The van der Waals surface area contributed by atoms with E-state index in [9.17, 15) is 0 Å². The normalized spacial score (nSPS) is 16.6. The summed E-state index contributed by atoms with van der Waals surface area (Å²) in [5.41, 5.74) is 9.11. The van der Waals surface area contributed by atoms with Crippen molar-refractivity contribution in [3.63, 3.8) is 0 Å². The molecule has 0 N–H and O–H groups in total. The van der Waals surface area contributed by atoms with Gasteiger partial charge in [-0.25, -0.2) is 0 Å². The van der Waals surface area contributed by atoms with E-state index in [1.807, 2.05) is 0 Å². The van der Waals surface area contributed by atoms with Gasteiger partial charge in [-0.15, -0.1) is 0 Å². The Balaban J connectivity index is 0.00000162. The monoisotopic (exact) mass is 542 g/mol. The quantitative estimate of drug-likeness (QED) is 0.352. The summed E-state index contributed by atoms with van der Waals surface area (Å²) in [5, 5.41) is 2.33. The van der Waals surface area contributed by atoms with E-state index in [4.69, 9.17) is 0 Å². The molecule has 2 aliphatic rings. The minimum Gasteiger partial charge on any atom is -1.00 e. The third-order valence-corrected chi connectivity index (χ3v) is 13.6. The van der Waals surface area contributed by atoms with Crippen LogP contribution in [0.4, 0.5) is 0 Å². The van der Waals surface area contributed by atoms with Crippen LogP contribution < -0.4 is 24.8 Å². The molecule has 0 aliphatic heterocycles. The Labute approximate surface area is 228 Å². The van der Waals surface area contributed by atoms with Crippen molar-refractivity contribution in [3.05, 3.63) is 100 Å². The fourth-order valence-electron chi connectivity index (χ4n) is 5.96. The molecule has 0 saturated carbocycles. The van der Waals surface area contributed by atoms with Gasteiger partial charge in [-0.05, 0) is 0 Å². The molecule has 0 spiro atoms. The summed E-state index contributed by atoms with van der Waals surface area (Å²) in [6.07, 6.45) is 2.60. The van der Waals surface area contributed by atoms with Crippen LogP contribution >= 0.6 is 7.92 Å². The zero-order valence-corrected chi connectivity index (χ0v) is 24.8. The van der Waals surface area contributed by atoms with Gasteiger partial charge in [0.1, 0.15) is 0 Å². The van der Waals surface area contributed by atoms with Gasteiger partial charge < -0.3 is 24.8 Å². The molecule has 0 heterocycles. The fraction of sp³-hybridized carbons (Fsp3) is 0.333. The number of hydrogen-bond acceptors (Lipinski definition) is 0. The molecule has 0 aromatic heterocycles. The molecule has 0 nitrogen and oxygen atoms in total. The van der Waals surface area contributed by atoms with E-state index in [-0.39, 0.29) is 62.2 Å². The number of allylic oxidation sites excluding steroid dienone is 1. The van der Waals surface area contributed by atoms with E-state index >= 15 is 0 Å². The standard InChI is InChI=1S/C17H24P.C13H9.2ClH.Ti/c1-16(2,3)18(17(4,5)6)15-11-13-9-7-8-10-14(13)12-15;1-3-7-12-10(5-1)9-11-6-2-4-8-13(11)12;;;/h7-12H,1-6H3;1-9H;2*1H;/q;;;;+2/p-2. The zero-order valence-electron chi connectivity index (χ0n) is 20.9. The Morgan fingerprint density at radius 1 is 0.588 bits per heavy atom. The molecule has 0 radical (unpaired) electrons. The summed E-state index contributed by atoms with van der Waals surface area (Å²) in [5.74, 6) is 0. The number of hydrogen-bond donors (Lipinski definition) is 0. The third kappa shape index (κ3) is 4.87. The average molecular weight is 543 g/mol. The van der Waals surface area contributed by atoms with Crippen LogP contribution in [0.2, 0.25) is 0 Å². The first kappa shape index (κ1) is 27.7. The van der Waals surface area contributed by atoms with Gasteiger partial charge in [0.15, 0.2) is 0 Å². The Hall–Kier alpha value is -0.876. The third-order valence-electron chi connectivity index (χ3n) is 6.67. The molecule has 0 amide bonds. The summed E-state index contributed by atoms with van der Waals surface area (Å²) in [6, 6.07) is 27.5. The molecule has 0 fully saturated rings. The predicted molar refractivity (Wildman–Crippen MR) is 137 cm³/mol. The largest absolute Gasteiger partial charge is 1.00 e. The van der Waals surface area contributed by atoms with Crippen LogP contribution in [-0.2, 0) is 19.2 Å². The van der Waals surface area contributed by atoms with Gasteiger partial charge in [-0.3, -0.25) is 0 Å². The molecule has 5 rings (SSSR count). The molecule has 3 aromatic carbocycles. The van der Waals surface area contributed by atoms with Crippen LogP contribution in [0.1, 0.15) is 72.2 Å². The second-order valence-electron chi connectivity index (χ2n) is 11.1. The Morgan fingerprint density at radius 3 is 1.53 bits per heavy atom. The van der Waals surface area contributed by atoms with Crippen LogP contribution in [0.3, 0.4) is 0 Å². The number of benzene rings is 3. The maximum Gasteiger partial charge on any atom is -1.00 e. The summed E-state index contributed by atoms with van der Waals surface area (Å²) < 4.78 is 1.19. The molecule has 2 aliphatic carbocycles. The maximum absolute atomic E-state index is 2.60. The first-order chi connectivity index (χ1) is 15.2. The molecule has 0 bridgehead atoms. The van der Waals surface area contributed by atoms with Gasteiger partial charge in [-0.1, -0.05) is 0 Å². The molecule has 4 heteroatoms. The molecular formula is C30H33Cl2PTi. The van der Waals surface area contributed by atoms with E-state index in [2.05, 4.69) is 120 Å². The second-order valence-corrected chi connectivity index (χ2v) is 17.3. The van der Waals surface area contributed by atoms with E-state index in [1.165, 1.54) is 16.7 Å². The molecule has 3 aromatic rings. The van der Waals surface area contributed by atoms with Crippen LogP contribution in [-0.4, -0.2) is 10.3 Å². The number of rotatable bonds is 3. The van der Waals surface area contributed by atoms with Crippen LogP contribution in [0.25, 0.3) is 17.2 Å². The molecule has 0 saturated heterocycles. The Bertz CT molecular complexity index is 1140. The van der Waals surface area contributed by atoms with Crippen molar-refractivity contribution in [1.82, 2.24) is 0 Å². The Morgan fingerprint density at radius 2 is 1.03 bits per heavy atom. The van der Waals surface area contributed by atoms with Crippen molar-refractivity contribution < 1.29 is 44.0 Å². The minimum absolute atomic E-state index is 0. The van der Waals surface area contributed by atoms with Gasteiger partial charge in [0.05, 0.1) is 0 Å². The summed E-state index contributed by atoms with van der Waals surface area (Å²) in [7, 11) is -0.292. The van der Waals surface area contributed by atoms with Crippen molar-refractivity contribution >= 4 is 14.0 Å². The van der Waals surface area contributed by atoms with Crippen molar-refractivity contribution in [2.45, 2.75) is 60.3 Å². The molecule has 34 heavy (non-hydrogen) atoms. The molecule has 176 valence electrons. The van der Waals surface area contributed by atoms with Crippen molar-refractivity contribution in [2.75, 3.05) is 0 Å². The van der Waals surface area contributed by atoms with Gasteiger partial charge in [0.2, 0.25) is 0 Å². The van der Waals surface area contributed by atoms with Gasteiger partial charge >= 0.3 is 205 Å². The second kappa shape index (κ2) is 10.2. The summed E-state index contributed by atoms with van der Waals surface area (Å²) in [4.78, 5) is 0. The number of halogens is 2. The van der Waals surface area contributed by atoms with Crippen molar-refractivity contribution in [2.24, 2.45) is 0 Å². The van der Waals surface area contributed by atoms with Crippen LogP contribution in [0, 0.1) is 0 Å². The van der Waals surface area contributed by atoms with E-state index < -0.39 is 0 Å². The van der Waals surface area contributed by atoms with E-state index in [0.717, 1.165) is 0 Å². The SMILES string of the molecule is CC(C)(C)P(C1=Cc2ccccc2[CH]1[Ti+2][CH]1c2ccccc2-c2ccccc21)C(C)(C)C.[Cl-].[Cl-]. The Kier molecular flexibility index (Phi) is 8.35. The van der Waals surface area contributed by atoms with Gasteiger partial charge in [0, 0.05) is 0 Å². The maximum atomic E-state index is 2.60. The van der Waals surface area contributed by atoms with Crippen LogP contribution in [0.15, 0.2) is 78.1 Å². The first-order valence-corrected chi connectivity index (χ1v) is 14.9.